The van der Waals surface area contributed by atoms with Crippen LogP contribution < -0.4 is 5.32 Å². The minimum Gasteiger partial charge on any atom is -0.468 e. The number of ether oxygens (including phenoxy) is 1. The fourth-order valence-electron chi connectivity index (χ4n) is 3.21. The Morgan fingerprint density at radius 2 is 2.08 bits per heavy atom. The highest BCUT2D eigenvalue weighted by Gasteiger charge is 2.25. The van der Waals surface area contributed by atoms with Crippen molar-refractivity contribution in [2.45, 2.75) is 31.9 Å². The van der Waals surface area contributed by atoms with Gasteiger partial charge in [-0.15, -0.1) is 0 Å². The van der Waals surface area contributed by atoms with Crippen LogP contribution in [0.3, 0.4) is 0 Å². The van der Waals surface area contributed by atoms with Crippen molar-refractivity contribution in [1.82, 2.24) is 15.1 Å². The number of hydrogen-bond acceptors (Lipinski definition) is 5. The van der Waals surface area contributed by atoms with Crippen molar-refractivity contribution in [2.24, 2.45) is 0 Å². The Hall–Kier alpha value is -1.86. The first-order valence-corrected chi connectivity index (χ1v) is 8.66. The molecule has 1 N–H and O–H groups in total. The molecule has 7 nitrogen and oxygen atoms in total. The number of likely N-dealkylation sites (tertiary alicyclic amines) is 1. The van der Waals surface area contributed by atoms with Gasteiger partial charge in [-0.2, -0.15) is 0 Å². The van der Waals surface area contributed by atoms with Crippen LogP contribution in [-0.4, -0.2) is 67.0 Å². The molecule has 2 amide bonds. The number of amides is 2. The number of rotatable bonds is 5. The van der Waals surface area contributed by atoms with E-state index in [1.54, 1.807) is 11.2 Å². The minimum atomic E-state index is -0.500. The predicted octanol–water partition coefficient (Wildman–Crippen LogP) is 0.609. The average Bonchev–Trinajstić information content (AvgIpc) is 3.28. The smallest absolute Gasteiger partial charge is 0.311 e. The van der Waals surface area contributed by atoms with Crippen molar-refractivity contribution in [1.29, 1.82) is 0 Å². The van der Waals surface area contributed by atoms with Gasteiger partial charge < -0.3 is 19.4 Å². The predicted molar refractivity (Wildman–Crippen MR) is 87.2 cm³/mol. The van der Waals surface area contributed by atoms with Crippen LogP contribution in [0.4, 0.5) is 0 Å². The Bertz CT molecular complexity index is 540. The number of furan rings is 1. The molecule has 1 aromatic rings. The highest BCUT2D eigenvalue weighted by Crippen LogP contribution is 2.13. The van der Waals surface area contributed by atoms with E-state index < -0.39 is 11.8 Å². The van der Waals surface area contributed by atoms with Crippen LogP contribution >= 0.6 is 0 Å². The Labute approximate surface area is 141 Å². The fourth-order valence-corrected chi connectivity index (χ4v) is 3.21. The van der Waals surface area contributed by atoms with Gasteiger partial charge in [-0.05, 0) is 31.4 Å². The SMILES string of the molecule is O=C(NCC[C@H]1CN(Cc2ccco2)CCO1)C(=O)N1CCCC1. The molecule has 2 fully saturated rings. The first-order chi connectivity index (χ1) is 11.7. The zero-order valence-corrected chi connectivity index (χ0v) is 13.9. The molecular formula is C17H25N3O4. The normalized spacial score (nSPS) is 21.8. The summed E-state index contributed by atoms with van der Waals surface area (Å²) in [7, 11) is 0. The quantitative estimate of drug-likeness (QED) is 0.798. The van der Waals surface area contributed by atoms with Crippen LogP contribution in [0.25, 0.3) is 0 Å². The molecule has 24 heavy (non-hydrogen) atoms. The number of nitrogens with zero attached hydrogens (tertiary/aromatic N) is 2. The summed E-state index contributed by atoms with van der Waals surface area (Å²) in [5.41, 5.74) is 0. The molecule has 0 bridgehead atoms. The summed E-state index contributed by atoms with van der Waals surface area (Å²) < 4.78 is 11.1. The minimum absolute atomic E-state index is 0.0656. The molecule has 3 rings (SSSR count). The third-order valence-corrected chi connectivity index (χ3v) is 4.52. The molecule has 3 heterocycles. The largest absolute Gasteiger partial charge is 0.468 e. The van der Waals surface area contributed by atoms with Crippen LogP contribution in [0.2, 0.25) is 0 Å². The maximum atomic E-state index is 11.9. The highest BCUT2D eigenvalue weighted by molar-refractivity contribution is 6.35. The molecule has 0 radical (unpaired) electrons. The lowest BCUT2D eigenvalue weighted by atomic mass is 10.2. The Balaban J connectivity index is 1.36. The van der Waals surface area contributed by atoms with E-state index in [9.17, 15) is 9.59 Å². The number of hydrogen-bond donors (Lipinski definition) is 1. The summed E-state index contributed by atoms with van der Waals surface area (Å²) in [5.74, 6) is 0.0387. The van der Waals surface area contributed by atoms with Gasteiger partial charge in [0, 0.05) is 32.7 Å². The van der Waals surface area contributed by atoms with Gasteiger partial charge in [-0.25, -0.2) is 0 Å². The van der Waals surface area contributed by atoms with Crippen LogP contribution in [-0.2, 0) is 20.9 Å². The van der Waals surface area contributed by atoms with Gasteiger partial charge >= 0.3 is 11.8 Å². The lowest BCUT2D eigenvalue weighted by molar-refractivity contribution is -0.145. The molecule has 0 aliphatic carbocycles. The summed E-state index contributed by atoms with van der Waals surface area (Å²) in [5, 5.41) is 2.72. The standard InChI is InChI=1S/C17H25N3O4/c21-16(17(22)20-7-1-2-8-20)18-6-5-15-13-19(9-11-24-15)12-14-4-3-10-23-14/h3-4,10,15H,1-2,5-9,11-13H2,(H,18,21)/t15-/m0/s1. The van der Waals surface area contributed by atoms with Crippen LogP contribution in [0.1, 0.15) is 25.0 Å². The molecule has 2 aliphatic rings. The first kappa shape index (κ1) is 17.0. The van der Waals surface area contributed by atoms with Crippen molar-refractivity contribution < 1.29 is 18.7 Å². The number of carbonyl (C=O) groups is 2. The van der Waals surface area contributed by atoms with E-state index >= 15 is 0 Å². The fraction of sp³-hybridized carbons (Fsp3) is 0.647. The number of morpholine rings is 1. The van der Waals surface area contributed by atoms with Crippen molar-refractivity contribution >= 4 is 11.8 Å². The van der Waals surface area contributed by atoms with E-state index in [2.05, 4.69) is 10.2 Å². The Morgan fingerprint density at radius 3 is 2.83 bits per heavy atom. The summed E-state index contributed by atoms with van der Waals surface area (Å²) in [4.78, 5) is 27.7. The molecule has 0 unspecified atom stereocenters. The highest BCUT2D eigenvalue weighted by atomic mass is 16.5. The molecule has 0 aromatic carbocycles. The molecule has 132 valence electrons. The lowest BCUT2D eigenvalue weighted by Gasteiger charge is -2.32. The summed E-state index contributed by atoms with van der Waals surface area (Å²) in [6.07, 6.45) is 4.42. The topological polar surface area (TPSA) is 75.0 Å². The maximum Gasteiger partial charge on any atom is 0.311 e. The van der Waals surface area contributed by atoms with Crippen LogP contribution in [0.5, 0.6) is 0 Å². The van der Waals surface area contributed by atoms with Gasteiger partial charge in [0.25, 0.3) is 0 Å². The van der Waals surface area contributed by atoms with E-state index in [-0.39, 0.29) is 6.10 Å². The summed E-state index contributed by atoms with van der Waals surface area (Å²) in [6.45, 7) is 4.96. The molecule has 0 spiro atoms. The maximum absolute atomic E-state index is 11.9. The summed E-state index contributed by atoms with van der Waals surface area (Å²) >= 11 is 0. The van der Waals surface area contributed by atoms with Crippen molar-refractivity contribution in [3.05, 3.63) is 24.2 Å². The van der Waals surface area contributed by atoms with E-state index in [0.29, 0.717) is 32.7 Å². The van der Waals surface area contributed by atoms with Crippen LogP contribution in [0, 0.1) is 0 Å². The zero-order chi connectivity index (χ0) is 16.8. The Morgan fingerprint density at radius 1 is 1.25 bits per heavy atom. The van der Waals surface area contributed by atoms with Gasteiger partial charge in [0.2, 0.25) is 0 Å². The molecule has 1 atom stereocenters. The van der Waals surface area contributed by atoms with Gasteiger partial charge in [0.05, 0.1) is 25.5 Å². The van der Waals surface area contributed by atoms with Gasteiger partial charge in [-0.1, -0.05) is 0 Å². The van der Waals surface area contributed by atoms with E-state index in [4.69, 9.17) is 9.15 Å². The zero-order valence-electron chi connectivity index (χ0n) is 13.9. The van der Waals surface area contributed by atoms with Crippen molar-refractivity contribution in [3.8, 4) is 0 Å². The third kappa shape index (κ3) is 4.58. The molecule has 0 saturated carbocycles. The number of nitrogens with one attached hydrogen (secondary N) is 1. The molecule has 1 aromatic heterocycles. The van der Waals surface area contributed by atoms with E-state index in [1.165, 1.54) is 0 Å². The Kier molecular flexibility index (Phi) is 5.87. The molecular weight excluding hydrogens is 310 g/mol. The molecule has 7 heteroatoms. The third-order valence-electron chi connectivity index (χ3n) is 4.52. The van der Waals surface area contributed by atoms with Crippen molar-refractivity contribution in [2.75, 3.05) is 39.3 Å². The molecule has 2 aliphatic heterocycles. The second kappa shape index (κ2) is 8.30. The number of carbonyl (C=O) groups excluding carboxylic acids is 2. The summed E-state index contributed by atoms with van der Waals surface area (Å²) in [6, 6.07) is 3.86. The van der Waals surface area contributed by atoms with Crippen LogP contribution in [0.15, 0.2) is 22.8 Å². The second-order valence-corrected chi connectivity index (χ2v) is 6.35. The first-order valence-electron chi connectivity index (χ1n) is 8.66. The van der Waals surface area contributed by atoms with Gasteiger partial charge in [0.15, 0.2) is 0 Å². The second-order valence-electron chi connectivity index (χ2n) is 6.35. The monoisotopic (exact) mass is 335 g/mol. The van der Waals surface area contributed by atoms with Gasteiger partial charge in [0.1, 0.15) is 5.76 Å². The average molecular weight is 335 g/mol. The van der Waals surface area contributed by atoms with Crippen molar-refractivity contribution in [3.63, 3.8) is 0 Å². The van der Waals surface area contributed by atoms with E-state index in [1.807, 2.05) is 12.1 Å². The van der Waals surface area contributed by atoms with Gasteiger partial charge in [-0.3, -0.25) is 14.5 Å². The lowest BCUT2D eigenvalue weighted by Crippen LogP contribution is -2.45. The van der Waals surface area contributed by atoms with E-state index in [0.717, 1.165) is 38.2 Å². The molecule has 2 saturated heterocycles.